The Kier molecular flexibility index (Phi) is 8.29. The van der Waals surface area contributed by atoms with E-state index in [0.29, 0.717) is 30.2 Å². The van der Waals surface area contributed by atoms with Gasteiger partial charge in [0.1, 0.15) is 11.5 Å². The van der Waals surface area contributed by atoms with Crippen LogP contribution in [0.2, 0.25) is 0 Å². The van der Waals surface area contributed by atoms with Crippen molar-refractivity contribution in [3.8, 4) is 11.5 Å². The number of nitrogens with two attached hydrogens (primary N) is 1. The van der Waals surface area contributed by atoms with Gasteiger partial charge in [-0.1, -0.05) is 24.2 Å². The van der Waals surface area contributed by atoms with Crippen molar-refractivity contribution in [1.29, 1.82) is 0 Å². The van der Waals surface area contributed by atoms with Crippen LogP contribution < -0.4 is 15.2 Å². The van der Waals surface area contributed by atoms with Gasteiger partial charge in [0, 0.05) is 18.8 Å². The van der Waals surface area contributed by atoms with Crippen molar-refractivity contribution < 1.29 is 33.8 Å². The molecule has 1 aliphatic heterocycles. The third-order valence-electron chi connectivity index (χ3n) is 5.44. The average molecular weight is 472 g/mol. The van der Waals surface area contributed by atoms with E-state index >= 15 is 0 Å². The lowest BCUT2D eigenvalue weighted by Gasteiger charge is -2.22. The maximum Gasteiger partial charge on any atom is 0.344 e. The molecule has 10 heteroatoms. The Balaban J connectivity index is 1.70. The number of ketones is 2. The van der Waals surface area contributed by atoms with Gasteiger partial charge in [-0.2, -0.15) is 0 Å². The molecule has 3 rings (SSSR count). The number of amidine groups is 1. The number of Topliss-reactive ketones (excluding diaryl/α,β-unsaturated/α-hetero) is 2. The summed E-state index contributed by atoms with van der Waals surface area (Å²) in [5, 5.41) is 11.8. The molecule has 0 aromatic heterocycles. The van der Waals surface area contributed by atoms with Gasteiger partial charge in [-0.05, 0) is 31.1 Å². The second-order valence-corrected chi connectivity index (χ2v) is 7.90. The Bertz CT molecular complexity index is 1030. The van der Waals surface area contributed by atoms with Gasteiger partial charge in [0.2, 0.25) is 0 Å². The number of carbonyl (C=O) groups excluding carboxylic acids is 3. The third-order valence-corrected chi connectivity index (χ3v) is 5.44. The van der Waals surface area contributed by atoms with E-state index in [9.17, 15) is 14.4 Å². The Morgan fingerprint density at radius 2 is 2.06 bits per heavy atom. The topological polar surface area (TPSA) is 141 Å². The van der Waals surface area contributed by atoms with E-state index in [1.165, 1.54) is 0 Å². The number of hydrogen-bond donors (Lipinski definition) is 2. The number of fused-ring (bicyclic) bond motifs is 1. The highest BCUT2D eigenvalue weighted by Crippen LogP contribution is 2.32. The number of allylic oxidation sites excluding steroid dienone is 1. The minimum absolute atomic E-state index is 0.0425. The molecule has 2 atom stereocenters. The van der Waals surface area contributed by atoms with Gasteiger partial charge in [-0.25, -0.2) is 4.79 Å². The van der Waals surface area contributed by atoms with Crippen molar-refractivity contribution in [1.82, 2.24) is 4.90 Å². The van der Waals surface area contributed by atoms with Crippen molar-refractivity contribution in [3.63, 3.8) is 0 Å². The molecule has 0 radical (unpaired) electrons. The first-order valence-corrected chi connectivity index (χ1v) is 11.1. The molecule has 0 saturated heterocycles. The number of hydrogen-bond acceptors (Lipinski definition) is 9. The lowest BCUT2D eigenvalue weighted by molar-refractivity contribution is -0.145. The fraction of sp³-hybridized carbons (Fsp3) is 0.417. The van der Waals surface area contributed by atoms with Crippen LogP contribution in [0.25, 0.3) is 0 Å². The molecule has 2 unspecified atom stereocenters. The van der Waals surface area contributed by atoms with Gasteiger partial charge >= 0.3 is 5.97 Å². The predicted molar refractivity (Wildman–Crippen MR) is 123 cm³/mol. The minimum atomic E-state index is -0.779. The Morgan fingerprint density at radius 3 is 2.76 bits per heavy atom. The monoisotopic (exact) mass is 471 g/mol. The van der Waals surface area contributed by atoms with Crippen LogP contribution in [0.1, 0.15) is 30.6 Å². The first-order valence-electron chi connectivity index (χ1n) is 11.1. The largest absolute Gasteiger partial charge is 0.493 e. The van der Waals surface area contributed by atoms with Crippen molar-refractivity contribution in [2.45, 2.75) is 20.3 Å². The normalized spacial score (nSPS) is 19.5. The Labute approximate surface area is 197 Å². The van der Waals surface area contributed by atoms with E-state index in [0.717, 1.165) is 12.0 Å². The van der Waals surface area contributed by atoms with E-state index < -0.39 is 17.8 Å². The SMILES string of the molecule is CCCOc1cc(OCC(=O)OCC)ccc1C(=O)CN1C=C2C=CC(C(N)=NO)C(=O)C2C1. The second kappa shape index (κ2) is 11.4. The molecule has 1 aromatic rings. The zero-order valence-electron chi connectivity index (χ0n) is 19.2. The molecule has 10 nitrogen and oxygen atoms in total. The van der Waals surface area contributed by atoms with Gasteiger partial charge in [-0.15, -0.1) is 0 Å². The summed E-state index contributed by atoms with van der Waals surface area (Å²) in [4.78, 5) is 39.2. The van der Waals surface area contributed by atoms with Crippen LogP contribution in [0.3, 0.4) is 0 Å². The summed E-state index contributed by atoms with van der Waals surface area (Å²) in [6, 6.07) is 4.78. The molecule has 0 saturated carbocycles. The van der Waals surface area contributed by atoms with Gasteiger partial charge in [0.25, 0.3) is 0 Å². The lowest BCUT2D eigenvalue weighted by atomic mass is 9.83. The van der Waals surface area contributed by atoms with Gasteiger partial charge in [-0.3, -0.25) is 9.59 Å². The third kappa shape index (κ3) is 5.75. The molecule has 1 aliphatic carbocycles. The first kappa shape index (κ1) is 24.8. The predicted octanol–water partition coefficient (Wildman–Crippen LogP) is 1.92. The molecule has 0 amide bonds. The zero-order chi connectivity index (χ0) is 24.7. The minimum Gasteiger partial charge on any atom is -0.493 e. The molecule has 3 N–H and O–H groups in total. The summed E-state index contributed by atoms with van der Waals surface area (Å²) in [6.07, 6.45) is 5.89. The van der Waals surface area contributed by atoms with Crippen LogP contribution in [-0.2, 0) is 14.3 Å². The van der Waals surface area contributed by atoms with Crippen molar-refractivity contribution in [2.75, 3.05) is 32.9 Å². The van der Waals surface area contributed by atoms with Crippen molar-refractivity contribution in [2.24, 2.45) is 22.7 Å². The van der Waals surface area contributed by atoms with Crippen LogP contribution >= 0.6 is 0 Å². The molecule has 0 bridgehead atoms. The molecule has 1 aromatic carbocycles. The van der Waals surface area contributed by atoms with Crippen LogP contribution in [0, 0.1) is 11.8 Å². The first-order chi connectivity index (χ1) is 16.4. The summed E-state index contributed by atoms with van der Waals surface area (Å²) in [6.45, 7) is 4.46. The van der Waals surface area contributed by atoms with Crippen LogP contribution in [0.5, 0.6) is 11.5 Å². The number of carbonyl (C=O) groups is 3. The average Bonchev–Trinajstić information content (AvgIpc) is 3.24. The number of nitrogens with zero attached hydrogens (tertiary/aromatic N) is 2. The summed E-state index contributed by atoms with van der Waals surface area (Å²) >= 11 is 0. The highest BCUT2D eigenvalue weighted by atomic mass is 16.6. The summed E-state index contributed by atoms with van der Waals surface area (Å²) < 4.78 is 16.1. The maximum atomic E-state index is 13.1. The molecule has 34 heavy (non-hydrogen) atoms. The Hall–Kier alpha value is -3.82. The molecule has 1 heterocycles. The van der Waals surface area contributed by atoms with Gasteiger partial charge < -0.3 is 30.1 Å². The van der Waals surface area contributed by atoms with Crippen LogP contribution in [0.15, 0.2) is 47.3 Å². The zero-order valence-corrected chi connectivity index (χ0v) is 19.2. The maximum absolute atomic E-state index is 13.1. The van der Waals surface area contributed by atoms with E-state index in [1.54, 1.807) is 48.4 Å². The fourth-order valence-electron chi connectivity index (χ4n) is 3.81. The van der Waals surface area contributed by atoms with E-state index in [4.69, 9.17) is 25.2 Å². The van der Waals surface area contributed by atoms with E-state index in [-0.39, 0.29) is 37.2 Å². The molecule has 2 aliphatic rings. The van der Waals surface area contributed by atoms with Crippen LogP contribution in [0.4, 0.5) is 0 Å². The quantitative estimate of drug-likeness (QED) is 0.124. The second-order valence-electron chi connectivity index (χ2n) is 7.90. The molecule has 182 valence electrons. The number of benzene rings is 1. The van der Waals surface area contributed by atoms with E-state index in [2.05, 4.69) is 5.16 Å². The number of esters is 1. The smallest absolute Gasteiger partial charge is 0.344 e. The van der Waals surface area contributed by atoms with Crippen LogP contribution in [-0.4, -0.2) is 66.4 Å². The Morgan fingerprint density at radius 1 is 1.26 bits per heavy atom. The van der Waals surface area contributed by atoms with Gasteiger partial charge in [0.15, 0.2) is 24.0 Å². The van der Waals surface area contributed by atoms with Crippen molar-refractivity contribution in [3.05, 3.63) is 47.7 Å². The summed E-state index contributed by atoms with van der Waals surface area (Å²) in [5.41, 5.74) is 6.78. The summed E-state index contributed by atoms with van der Waals surface area (Å²) in [5.74, 6) is -1.48. The number of oxime groups is 1. The summed E-state index contributed by atoms with van der Waals surface area (Å²) in [7, 11) is 0. The highest BCUT2D eigenvalue weighted by molar-refractivity contribution is 6.08. The molecule has 0 fully saturated rings. The lowest BCUT2D eigenvalue weighted by Crippen LogP contribution is -2.38. The van der Waals surface area contributed by atoms with E-state index in [1.807, 2.05) is 6.92 Å². The number of ether oxygens (including phenoxy) is 3. The standard InChI is InChI=1S/C24H29N3O7/c1-3-9-33-21-10-16(34-14-22(29)32-4-2)6-8-17(21)20(28)13-27-11-15-5-7-18(24(25)26-31)23(30)19(15)12-27/h5-8,10-11,18-19,31H,3-4,9,12-14H2,1-2H3,(H2,25,26). The fourth-order valence-corrected chi connectivity index (χ4v) is 3.81. The number of rotatable bonds is 11. The van der Waals surface area contributed by atoms with Gasteiger partial charge in [0.05, 0.1) is 37.2 Å². The molecular weight excluding hydrogens is 442 g/mol. The molecule has 0 spiro atoms. The van der Waals surface area contributed by atoms with Crippen molar-refractivity contribution >= 4 is 23.4 Å². The highest BCUT2D eigenvalue weighted by Gasteiger charge is 2.38. The molecular formula is C24H29N3O7.